The predicted molar refractivity (Wildman–Crippen MR) is 61.7 cm³/mol. The van der Waals surface area contributed by atoms with Gasteiger partial charge in [-0.1, -0.05) is 31.0 Å². The maximum Gasteiger partial charge on any atom is 0.142 e. The average molecular weight is 226 g/mol. The summed E-state index contributed by atoms with van der Waals surface area (Å²) in [5.41, 5.74) is 1.23. The van der Waals surface area contributed by atoms with Crippen LogP contribution in [0.4, 0.5) is 0 Å². The molecule has 1 aromatic rings. The lowest BCUT2D eigenvalue weighted by molar-refractivity contribution is 0.0000435. The lowest BCUT2D eigenvalue weighted by atomic mass is 9.97. The minimum absolute atomic E-state index is 0.687. The molecule has 1 aromatic carbocycles. The molecule has 1 atom stereocenters. The van der Waals surface area contributed by atoms with Gasteiger partial charge in [-0.25, -0.2) is 0 Å². The quantitative estimate of drug-likeness (QED) is 0.829. The normalized spacial score (nSPS) is 24.2. The zero-order valence-corrected chi connectivity index (χ0v) is 9.64. The van der Waals surface area contributed by atoms with Crippen molar-refractivity contribution < 1.29 is 5.11 Å². The number of hydrogen-bond acceptors (Lipinski definition) is 2. The molecule has 2 nitrogen and oxygen atoms in total. The van der Waals surface area contributed by atoms with Gasteiger partial charge >= 0.3 is 0 Å². The molecule has 1 heterocycles. The van der Waals surface area contributed by atoms with E-state index in [0.29, 0.717) is 5.02 Å². The largest absolute Gasteiger partial charge is 0.372 e. The lowest BCUT2D eigenvalue weighted by Crippen LogP contribution is -2.36. The van der Waals surface area contributed by atoms with E-state index >= 15 is 0 Å². The highest BCUT2D eigenvalue weighted by atomic mass is 35.5. The van der Waals surface area contributed by atoms with Gasteiger partial charge in [0.2, 0.25) is 0 Å². The Morgan fingerprint density at radius 3 is 3.07 bits per heavy atom. The van der Waals surface area contributed by atoms with Crippen molar-refractivity contribution in [3.05, 3.63) is 34.3 Å². The molecule has 0 aromatic heterocycles. The van der Waals surface area contributed by atoms with E-state index in [1.807, 2.05) is 18.2 Å². The van der Waals surface area contributed by atoms with Crippen LogP contribution in [0.25, 0.3) is 0 Å². The molecule has 0 aliphatic carbocycles. The van der Waals surface area contributed by atoms with Crippen LogP contribution in [0.2, 0.25) is 5.02 Å². The van der Waals surface area contributed by atoms with E-state index in [9.17, 15) is 5.11 Å². The summed E-state index contributed by atoms with van der Waals surface area (Å²) < 4.78 is 0. The summed E-state index contributed by atoms with van der Waals surface area (Å²) in [6, 6.07) is 5.72. The molecule has 0 bridgehead atoms. The summed E-state index contributed by atoms with van der Waals surface area (Å²) in [6.07, 6.45) is 2.84. The Balaban J connectivity index is 2.29. The topological polar surface area (TPSA) is 32.3 Å². The Morgan fingerprint density at radius 1 is 1.53 bits per heavy atom. The number of benzene rings is 1. The van der Waals surface area contributed by atoms with Crippen molar-refractivity contribution in [3.63, 3.8) is 0 Å². The molecule has 0 spiro atoms. The van der Waals surface area contributed by atoms with Crippen molar-refractivity contribution >= 4 is 11.6 Å². The molecule has 3 heteroatoms. The Morgan fingerprint density at radius 2 is 2.33 bits per heavy atom. The predicted octanol–water partition coefficient (Wildman–Crippen LogP) is 2.78. The summed E-state index contributed by atoms with van der Waals surface area (Å²) in [6.45, 7) is 2.85. The van der Waals surface area contributed by atoms with Crippen molar-refractivity contribution in [3.8, 4) is 0 Å². The average Bonchev–Trinajstić information content (AvgIpc) is 2.55. The Kier molecular flexibility index (Phi) is 3.01. The van der Waals surface area contributed by atoms with Gasteiger partial charge in [0.15, 0.2) is 0 Å². The number of aliphatic hydroxyl groups is 1. The molecule has 2 rings (SSSR count). The van der Waals surface area contributed by atoms with E-state index in [1.54, 1.807) is 0 Å². The first-order valence-electron chi connectivity index (χ1n) is 5.42. The van der Waals surface area contributed by atoms with E-state index in [0.717, 1.165) is 36.9 Å². The summed E-state index contributed by atoms with van der Waals surface area (Å²) in [7, 11) is 0. The number of hydrogen-bond donors (Lipinski definition) is 2. The maximum atomic E-state index is 10.4. The van der Waals surface area contributed by atoms with E-state index in [-0.39, 0.29) is 0 Å². The zero-order valence-electron chi connectivity index (χ0n) is 8.89. The molecule has 0 amide bonds. The monoisotopic (exact) mass is 225 g/mol. The van der Waals surface area contributed by atoms with Gasteiger partial charge in [-0.15, -0.1) is 0 Å². The summed E-state index contributed by atoms with van der Waals surface area (Å²) in [5, 5.41) is 14.3. The van der Waals surface area contributed by atoms with Crippen molar-refractivity contribution in [2.45, 2.75) is 38.5 Å². The molecular weight excluding hydrogens is 210 g/mol. The van der Waals surface area contributed by atoms with E-state index in [1.165, 1.54) is 0 Å². The van der Waals surface area contributed by atoms with Crippen LogP contribution in [-0.2, 0) is 12.3 Å². The smallest absolute Gasteiger partial charge is 0.142 e. The van der Waals surface area contributed by atoms with Gasteiger partial charge in [-0.2, -0.15) is 0 Å². The molecule has 82 valence electrons. The molecule has 1 aliphatic rings. The molecule has 0 saturated heterocycles. The van der Waals surface area contributed by atoms with Crippen LogP contribution in [0.1, 0.15) is 37.3 Å². The first-order valence-corrected chi connectivity index (χ1v) is 5.80. The van der Waals surface area contributed by atoms with Crippen LogP contribution in [0, 0.1) is 0 Å². The van der Waals surface area contributed by atoms with Crippen molar-refractivity contribution in [2.24, 2.45) is 0 Å². The van der Waals surface area contributed by atoms with Crippen molar-refractivity contribution in [1.82, 2.24) is 5.32 Å². The van der Waals surface area contributed by atoms with Gasteiger partial charge < -0.3 is 5.11 Å². The summed E-state index contributed by atoms with van der Waals surface area (Å²) in [4.78, 5) is 0. The van der Waals surface area contributed by atoms with Gasteiger partial charge in [-0.3, -0.25) is 5.32 Å². The van der Waals surface area contributed by atoms with E-state index in [4.69, 9.17) is 11.6 Å². The van der Waals surface area contributed by atoms with Crippen LogP contribution < -0.4 is 5.32 Å². The third kappa shape index (κ3) is 2.03. The highest BCUT2D eigenvalue weighted by Gasteiger charge is 2.35. The van der Waals surface area contributed by atoms with Crippen molar-refractivity contribution in [2.75, 3.05) is 0 Å². The minimum Gasteiger partial charge on any atom is -0.372 e. The SMILES string of the molecule is CCCCC1(O)NCc2ccc(Cl)cc21. The molecule has 2 N–H and O–H groups in total. The van der Waals surface area contributed by atoms with Crippen molar-refractivity contribution in [1.29, 1.82) is 0 Å². The second-order valence-electron chi connectivity index (χ2n) is 4.12. The van der Waals surface area contributed by atoms with Crippen LogP contribution in [0.3, 0.4) is 0 Å². The summed E-state index contributed by atoms with van der Waals surface area (Å²) in [5.74, 6) is 0. The number of halogens is 1. The molecule has 1 aliphatic heterocycles. The third-order valence-electron chi connectivity index (χ3n) is 2.98. The third-order valence-corrected chi connectivity index (χ3v) is 3.22. The summed E-state index contributed by atoms with van der Waals surface area (Å²) >= 11 is 5.95. The zero-order chi connectivity index (χ0) is 10.9. The van der Waals surface area contributed by atoms with E-state index < -0.39 is 5.72 Å². The molecule has 0 fully saturated rings. The highest BCUT2D eigenvalue weighted by Crippen LogP contribution is 2.34. The second kappa shape index (κ2) is 4.12. The van der Waals surface area contributed by atoms with Crippen LogP contribution in [0.15, 0.2) is 18.2 Å². The van der Waals surface area contributed by atoms with Crippen LogP contribution >= 0.6 is 11.6 Å². The molecular formula is C12H16ClNO. The van der Waals surface area contributed by atoms with E-state index in [2.05, 4.69) is 12.2 Å². The van der Waals surface area contributed by atoms with Gasteiger partial charge in [0, 0.05) is 17.1 Å². The second-order valence-corrected chi connectivity index (χ2v) is 4.56. The Bertz CT molecular complexity index is 367. The number of unbranched alkanes of at least 4 members (excludes halogenated alkanes) is 1. The van der Waals surface area contributed by atoms with Gasteiger partial charge in [0.1, 0.15) is 5.72 Å². The molecule has 0 radical (unpaired) electrons. The van der Waals surface area contributed by atoms with Gasteiger partial charge in [0.05, 0.1) is 0 Å². The fraction of sp³-hybridized carbons (Fsp3) is 0.500. The fourth-order valence-corrected chi connectivity index (χ4v) is 2.25. The minimum atomic E-state index is -0.865. The highest BCUT2D eigenvalue weighted by molar-refractivity contribution is 6.30. The Hall–Kier alpha value is -0.570. The van der Waals surface area contributed by atoms with Crippen LogP contribution in [0.5, 0.6) is 0 Å². The molecule has 15 heavy (non-hydrogen) atoms. The maximum absolute atomic E-state index is 10.4. The molecule has 0 saturated carbocycles. The number of fused-ring (bicyclic) bond motifs is 1. The van der Waals surface area contributed by atoms with Gasteiger partial charge in [0.25, 0.3) is 0 Å². The number of rotatable bonds is 3. The fourth-order valence-electron chi connectivity index (χ4n) is 2.08. The first-order chi connectivity index (χ1) is 7.15. The Labute approximate surface area is 95.3 Å². The van der Waals surface area contributed by atoms with Gasteiger partial charge in [-0.05, 0) is 30.5 Å². The van der Waals surface area contributed by atoms with Crippen LogP contribution in [-0.4, -0.2) is 5.11 Å². The molecule has 1 unspecified atom stereocenters. The first kappa shape index (κ1) is 10.9. The number of nitrogens with one attached hydrogen (secondary N) is 1. The standard InChI is InChI=1S/C12H16ClNO/c1-2-3-6-12(15)11-7-10(13)5-4-9(11)8-14-12/h4-5,7,14-15H,2-3,6,8H2,1H3. The lowest BCUT2D eigenvalue weighted by Gasteiger charge is -2.24.